The third-order valence-corrected chi connectivity index (χ3v) is 0.809. The van der Waals surface area contributed by atoms with E-state index in [1.165, 1.54) is 0 Å². The molecule has 0 saturated heterocycles. The maximum Gasteiger partial charge on any atom is 0.378 e. The Labute approximate surface area is 69.8 Å². The lowest BCUT2D eigenvalue weighted by atomic mass is 10.5. The highest BCUT2D eigenvalue weighted by molar-refractivity contribution is 5.91. The highest BCUT2D eigenvalue weighted by atomic mass is 16.6. The molecule has 0 aliphatic carbocycles. The first-order valence-electron chi connectivity index (χ1n) is 2.97. The molecule has 0 aromatic heterocycles. The van der Waals surface area contributed by atoms with Gasteiger partial charge in [-0.25, -0.2) is 9.59 Å². The zero-order valence-electron chi connectivity index (χ0n) is 6.41. The van der Waals surface area contributed by atoms with Crippen LogP contribution in [0.2, 0.25) is 0 Å². The van der Waals surface area contributed by atoms with Gasteiger partial charge in [0.1, 0.15) is 0 Å². The number of hydrogen-bond acceptors (Lipinski definition) is 4. The predicted octanol–water partition coefficient (Wildman–Crippen LogP) is 0.916. The zero-order chi connectivity index (χ0) is 9.56. The van der Waals surface area contributed by atoms with E-state index in [1.54, 1.807) is 0 Å². The topological polar surface area (TPSA) is 52.6 Å². The minimum Gasteiger partial charge on any atom is -0.429 e. The van der Waals surface area contributed by atoms with Crippen molar-refractivity contribution in [3.63, 3.8) is 0 Å². The third kappa shape index (κ3) is 3.36. The number of carbonyl (C=O) groups is 2. The maximum absolute atomic E-state index is 10.7. The second-order valence-corrected chi connectivity index (χ2v) is 1.62. The third-order valence-electron chi connectivity index (χ3n) is 0.809. The molecule has 0 fully saturated rings. The zero-order valence-corrected chi connectivity index (χ0v) is 6.41. The summed E-state index contributed by atoms with van der Waals surface area (Å²) in [5, 5.41) is 0. The molecule has 0 unspecified atom stereocenters. The van der Waals surface area contributed by atoms with Crippen LogP contribution in [-0.2, 0) is 19.1 Å². The van der Waals surface area contributed by atoms with Gasteiger partial charge in [-0.3, -0.25) is 0 Å². The monoisotopic (exact) mass is 168 g/mol. The van der Waals surface area contributed by atoms with E-state index >= 15 is 0 Å². The molecule has 0 bridgehead atoms. The Bertz CT molecular complexity index is 239. The van der Waals surface area contributed by atoms with Gasteiger partial charge in [-0.1, -0.05) is 13.2 Å². The van der Waals surface area contributed by atoms with E-state index in [4.69, 9.17) is 0 Å². The molecule has 4 heteroatoms. The quantitative estimate of drug-likeness (QED) is 0.355. The fourth-order valence-corrected chi connectivity index (χ4v) is 0.346. The molecule has 0 amide bonds. The van der Waals surface area contributed by atoms with Crippen LogP contribution in [0.1, 0.15) is 0 Å². The number of esters is 2. The van der Waals surface area contributed by atoms with Crippen LogP contribution in [0.25, 0.3) is 0 Å². The summed E-state index contributed by atoms with van der Waals surface area (Å²) < 4.78 is 8.60. The Hall–Kier alpha value is -1.84. The van der Waals surface area contributed by atoms with Gasteiger partial charge >= 0.3 is 11.9 Å². The number of carbonyl (C=O) groups excluding carboxylic acids is 2. The summed E-state index contributed by atoms with van der Waals surface area (Å²) in [6, 6.07) is 0. The molecule has 0 spiro atoms. The van der Waals surface area contributed by atoms with Crippen LogP contribution in [0.3, 0.4) is 0 Å². The number of ether oxygens (including phenoxy) is 2. The summed E-state index contributed by atoms with van der Waals surface area (Å²) in [6.07, 6.45) is 1.82. The average molecular weight is 168 g/mol. The second kappa shape index (κ2) is 4.90. The van der Waals surface area contributed by atoms with Crippen LogP contribution in [-0.4, -0.2) is 11.9 Å². The SMILES string of the molecule is C=COC(=O)C(=C)OC(=O)C=C. The highest BCUT2D eigenvalue weighted by Gasteiger charge is 2.10. The van der Waals surface area contributed by atoms with Crippen molar-refractivity contribution in [2.24, 2.45) is 0 Å². The van der Waals surface area contributed by atoms with Gasteiger partial charge < -0.3 is 9.47 Å². The molecule has 0 aromatic rings. The van der Waals surface area contributed by atoms with Crippen LogP contribution in [0.15, 0.2) is 37.8 Å². The Kier molecular flexibility index (Phi) is 4.15. The van der Waals surface area contributed by atoms with E-state index in [0.717, 1.165) is 12.3 Å². The van der Waals surface area contributed by atoms with Crippen molar-refractivity contribution in [1.82, 2.24) is 0 Å². The van der Waals surface area contributed by atoms with Gasteiger partial charge in [0.2, 0.25) is 5.76 Å². The van der Waals surface area contributed by atoms with E-state index in [9.17, 15) is 9.59 Å². The molecule has 0 aliphatic rings. The summed E-state index contributed by atoms with van der Waals surface area (Å²) >= 11 is 0. The van der Waals surface area contributed by atoms with Crippen LogP contribution in [0.5, 0.6) is 0 Å². The molecule has 0 heterocycles. The molecule has 0 aromatic carbocycles. The molecule has 12 heavy (non-hydrogen) atoms. The molecular weight excluding hydrogens is 160 g/mol. The lowest BCUT2D eigenvalue weighted by molar-refractivity contribution is -0.145. The van der Waals surface area contributed by atoms with Crippen molar-refractivity contribution < 1.29 is 19.1 Å². The fourth-order valence-electron chi connectivity index (χ4n) is 0.346. The van der Waals surface area contributed by atoms with E-state index in [-0.39, 0.29) is 0 Å². The van der Waals surface area contributed by atoms with Gasteiger partial charge in [-0.05, 0) is 6.58 Å². The van der Waals surface area contributed by atoms with Gasteiger partial charge in [0.15, 0.2) is 0 Å². The normalized spacial score (nSPS) is 8.00. The van der Waals surface area contributed by atoms with Crippen molar-refractivity contribution >= 4 is 11.9 Å². The Morgan fingerprint density at radius 3 is 2.25 bits per heavy atom. The smallest absolute Gasteiger partial charge is 0.378 e. The molecule has 0 atom stereocenters. The molecule has 64 valence electrons. The summed E-state index contributed by atoms with van der Waals surface area (Å²) in [6.45, 7) is 9.42. The standard InChI is InChI=1S/C8H8O4/c1-4-7(9)12-6(3)8(10)11-5-2/h4-5H,1-3H2. The Balaban J connectivity index is 4.03. The fraction of sp³-hybridized carbons (Fsp3) is 0. The minimum atomic E-state index is -0.861. The number of rotatable bonds is 4. The Morgan fingerprint density at radius 2 is 1.83 bits per heavy atom. The highest BCUT2D eigenvalue weighted by Crippen LogP contribution is 1.98. The lowest BCUT2D eigenvalue weighted by Crippen LogP contribution is -2.09. The van der Waals surface area contributed by atoms with E-state index in [1.807, 2.05) is 0 Å². The van der Waals surface area contributed by atoms with Crippen molar-refractivity contribution in [2.45, 2.75) is 0 Å². The van der Waals surface area contributed by atoms with Crippen molar-refractivity contribution in [3.05, 3.63) is 37.8 Å². The first kappa shape index (κ1) is 10.2. The van der Waals surface area contributed by atoms with Crippen molar-refractivity contribution in [3.8, 4) is 0 Å². The summed E-state index contributed by atoms with van der Waals surface area (Å²) in [5.41, 5.74) is 0. The summed E-state index contributed by atoms with van der Waals surface area (Å²) in [4.78, 5) is 21.2. The van der Waals surface area contributed by atoms with Gasteiger partial charge in [-0.2, -0.15) is 0 Å². The molecule has 0 N–H and O–H groups in total. The second-order valence-electron chi connectivity index (χ2n) is 1.62. The summed E-state index contributed by atoms with van der Waals surface area (Å²) in [5.74, 6) is -2.03. The van der Waals surface area contributed by atoms with E-state index < -0.39 is 17.7 Å². The number of hydrogen-bond donors (Lipinski definition) is 0. The summed E-state index contributed by atoms with van der Waals surface area (Å²) in [7, 11) is 0. The molecule has 0 saturated carbocycles. The van der Waals surface area contributed by atoms with Crippen molar-refractivity contribution in [2.75, 3.05) is 0 Å². The average Bonchev–Trinajstić information content (AvgIpc) is 2.04. The Morgan fingerprint density at radius 1 is 1.25 bits per heavy atom. The van der Waals surface area contributed by atoms with E-state index in [2.05, 4.69) is 29.2 Å². The van der Waals surface area contributed by atoms with Crippen LogP contribution in [0.4, 0.5) is 0 Å². The van der Waals surface area contributed by atoms with Crippen LogP contribution in [0, 0.1) is 0 Å². The first-order valence-corrected chi connectivity index (χ1v) is 2.97. The molecule has 0 aliphatic heterocycles. The lowest BCUT2D eigenvalue weighted by Gasteiger charge is -2.01. The molecule has 0 radical (unpaired) electrons. The predicted molar refractivity (Wildman–Crippen MR) is 41.7 cm³/mol. The molecule has 4 nitrogen and oxygen atoms in total. The minimum absolute atomic E-state index is 0.403. The maximum atomic E-state index is 10.7. The van der Waals surface area contributed by atoms with Gasteiger partial charge in [0, 0.05) is 6.08 Å². The molecular formula is C8H8O4. The van der Waals surface area contributed by atoms with Gasteiger partial charge in [0.25, 0.3) is 0 Å². The van der Waals surface area contributed by atoms with Gasteiger partial charge in [-0.15, -0.1) is 0 Å². The molecule has 0 rings (SSSR count). The van der Waals surface area contributed by atoms with E-state index in [0.29, 0.717) is 0 Å². The van der Waals surface area contributed by atoms with Crippen LogP contribution < -0.4 is 0 Å². The van der Waals surface area contributed by atoms with Crippen LogP contribution >= 0.6 is 0 Å². The van der Waals surface area contributed by atoms with Gasteiger partial charge in [0.05, 0.1) is 6.26 Å². The largest absolute Gasteiger partial charge is 0.429 e. The first-order chi connectivity index (χ1) is 5.61. The van der Waals surface area contributed by atoms with Crippen molar-refractivity contribution in [1.29, 1.82) is 0 Å².